The first-order valence-corrected chi connectivity index (χ1v) is 7.67. The summed E-state index contributed by atoms with van der Waals surface area (Å²) in [6, 6.07) is 5.78. The van der Waals surface area contributed by atoms with Gasteiger partial charge in [-0.2, -0.15) is 0 Å². The van der Waals surface area contributed by atoms with Gasteiger partial charge in [-0.3, -0.25) is 0 Å². The van der Waals surface area contributed by atoms with E-state index in [-0.39, 0.29) is 5.82 Å². The summed E-state index contributed by atoms with van der Waals surface area (Å²) in [5.41, 5.74) is 0.827. The van der Waals surface area contributed by atoms with Gasteiger partial charge in [0, 0.05) is 10.5 Å². The molecule has 2 rings (SSSR count). The van der Waals surface area contributed by atoms with Crippen molar-refractivity contribution < 1.29 is 4.39 Å². The maximum absolute atomic E-state index is 13.6. The summed E-state index contributed by atoms with van der Waals surface area (Å²) in [5.74, 6) is 0.745. The first-order valence-electron chi connectivity index (χ1n) is 6.88. The first kappa shape index (κ1) is 14.0. The third kappa shape index (κ3) is 4.06. The molecule has 0 saturated heterocycles. The van der Waals surface area contributed by atoms with E-state index in [1.54, 1.807) is 12.1 Å². The van der Waals surface area contributed by atoms with Gasteiger partial charge in [0.05, 0.1) is 0 Å². The van der Waals surface area contributed by atoms with Crippen LogP contribution in [0.25, 0.3) is 0 Å². The van der Waals surface area contributed by atoms with Crippen molar-refractivity contribution in [1.29, 1.82) is 0 Å². The Bertz CT molecular complexity index is 390. The van der Waals surface area contributed by atoms with Gasteiger partial charge in [-0.25, -0.2) is 4.39 Å². The third-order valence-electron chi connectivity index (χ3n) is 3.58. The zero-order valence-electron chi connectivity index (χ0n) is 10.9. The smallest absolute Gasteiger partial charge is 0.126 e. The summed E-state index contributed by atoms with van der Waals surface area (Å²) < 4.78 is 14.6. The van der Waals surface area contributed by atoms with E-state index in [4.69, 9.17) is 0 Å². The van der Waals surface area contributed by atoms with Crippen molar-refractivity contribution in [3.63, 3.8) is 0 Å². The van der Waals surface area contributed by atoms with Gasteiger partial charge in [0.1, 0.15) is 5.82 Å². The topological polar surface area (TPSA) is 12.0 Å². The lowest BCUT2D eigenvalue weighted by Gasteiger charge is -2.18. The molecule has 3 heteroatoms. The van der Waals surface area contributed by atoms with E-state index >= 15 is 0 Å². The van der Waals surface area contributed by atoms with E-state index in [1.807, 2.05) is 6.07 Å². The molecule has 1 N–H and O–H groups in total. The van der Waals surface area contributed by atoms with Crippen LogP contribution < -0.4 is 5.32 Å². The minimum atomic E-state index is -0.0803. The summed E-state index contributed by atoms with van der Waals surface area (Å²) in [6.07, 6.45) is 5.69. The van der Waals surface area contributed by atoms with Gasteiger partial charge in [-0.05, 0) is 68.3 Å². The van der Waals surface area contributed by atoms with Gasteiger partial charge in [0.25, 0.3) is 0 Å². The van der Waals surface area contributed by atoms with Crippen molar-refractivity contribution in [3.05, 3.63) is 34.1 Å². The molecule has 1 aromatic carbocycles. The average Bonchev–Trinajstić information content (AvgIpc) is 3.17. The Kier molecular flexibility index (Phi) is 5.19. The fourth-order valence-electron chi connectivity index (χ4n) is 2.38. The largest absolute Gasteiger partial charge is 0.314 e. The Morgan fingerprint density at radius 1 is 1.44 bits per heavy atom. The van der Waals surface area contributed by atoms with E-state index in [0.29, 0.717) is 6.04 Å². The average molecular weight is 314 g/mol. The molecule has 1 unspecified atom stereocenters. The Morgan fingerprint density at radius 3 is 2.89 bits per heavy atom. The Hall–Kier alpha value is -0.410. The number of nitrogens with one attached hydrogen (secondary N) is 1. The molecule has 18 heavy (non-hydrogen) atoms. The summed E-state index contributed by atoms with van der Waals surface area (Å²) in [4.78, 5) is 0. The molecule has 1 aromatic rings. The standard InChI is InChI=1S/C15H21BrFN/c1-2-9-18-15(11-3-4-11)8-5-12-10-13(16)6-7-14(12)17/h6-7,10-11,15,18H,2-5,8-9H2,1H3. The molecule has 100 valence electrons. The normalized spacial score (nSPS) is 16.8. The quantitative estimate of drug-likeness (QED) is 0.791. The molecular formula is C15H21BrFN. The van der Waals surface area contributed by atoms with Gasteiger partial charge >= 0.3 is 0 Å². The number of halogens is 2. The molecule has 1 aliphatic carbocycles. The molecule has 1 saturated carbocycles. The molecule has 1 fully saturated rings. The van der Waals surface area contributed by atoms with E-state index in [9.17, 15) is 4.39 Å². The van der Waals surface area contributed by atoms with Crippen molar-refractivity contribution in [2.75, 3.05) is 6.54 Å². The minimum absolute atomic E-state index is 0.0803. The molecule has 0 radical (unpaired) electrons. The van der Waals surface area contributed by atoms with Crippen LogP contribution in [0, 0.1) is 11.7 Å². The lowest BCUT2D eigenvalue weighted by atomic mass is 10.0. The van der Waals surface area contributed by atoms with Crippen molar-refractivity contribution in [3.8, 4) is 0 Å². The number of aryl methyl sites for hydroxylation is 1. The molecule has 1 nitrogen and oxygen atoms in total. The Balaban J connectivity index is 1.89. The van der Waals surface area contributed by atoms with Gasteiger partial charge in [-0.1, -0.05) is 22.9 Å². The fraction of sp³-hybridized carbons (Fsp3) is 0.600. The molecular weight excluding hydrogens is 293 g/mol. The molecule has 0 bridgehead atoms. The highest BCUT2D eigenvalue weighted by Gasteiger charge is 2.30. The van der Waals surface area contributed by atoms with Gasteiger partial charge in [0.2, 0.25) is 0 Å². The van der Waals surface area contributed by atoms with Crippen LogP contribution in [0.2, 0.25) is 0 Å². The van der Waals surface area contributed by atoms with Crippen molar-refractivity contribution >= 4 is 15.9 Å². The number of hydrogen-bond acceptors (Lipinski definition) is 1. The van der Waals surface area contributed by atoms with E-state index < -0.39 is 0 Å². The molecule has 1 atom stereocenters. The molecule has 0 heterocycles. The maximum atomic E-state index is 13.6. The summed E-state index contributed by atoms with van der Waals surface area (Å²) in [6.45, 7) is 3.26. The number of hydrogen-bond donors (Lipinski definition) is 1. The highest BCUT2D eigenvalue weighted by Crippen LogP contribution is 2.34. The molecule has 1 aliphatic rings. The molecule has 0 amide bonds. The predicted molar refractivity (Wildman–Crippen MR) is 77.2 cm³/mol. The number of benzene rings is 1. The van der Waals surface area contributed by atoms with Crippen LogP contribution in [0.3, 0.4) is 0 Å². The van der Waals surface area contributed by atoms with Crippen LogP contribution in [0.4, 0.5) is 4.39 Å². The Morgan fingerprint density at radius 2 is 2.22 bits per heavy atom. The third-order valence-corrected chi connectivity index (χ3v) is 4.07. The molecule has 0 aromatic heterocycles. The van der Waals surface area contributed by atoms with Crippen molar-refractivity contribution in [1.82, 2.24) is 5.32 Å². The lowest BCUT2D eigenvalue weighted by Crippen LogP contribution is -2.32. The second-order valence-corrected chi connectivity index (χ2v) is 6.09. The molecule has 0 aliphatic heterocycles. The zero-order valence-corrected chi connectivity index (χ0v) is 12.5. The second kappa shape index (κ2) is 6.67. The first-order chi connectivity index (χ1) is 8.70. The maximum Gasteiger partial charge on any atom is 0.126 e. The zero-order chi connectivity index (χ0) is 13.0. The number of rotatable bonds is 7. The van der Waals surface area contributed by atoms with Crippen LogP contribution in [0.5, 0.6) is 0 Å². The van der Waals surface area contributed by atoms with Crippen LogP contribution in [-0.2, 0) is 6.42 Å². The van der Waals surface area contributed by atoms with Crippen molar-refractivity contribution in [2.24, 2.45) is 5.92 Å². The van der Waals surface area contributed by atoms with E-state index in [2.05, 4.69) is 28.2 Å². The monoisotopic (exact) mass is 313 g/mol. The summed E-state index contributed by atoms with van der Waals surface area (Å²) >= 11 is 3.40. The lowest BCUT2D eigenvalue weighted by molar-refractivity contribution is 0.432. The van der Waals surface area contributed by atoms with E-state index in [1.165, 1.54) is 12.8 Å². The van der Waals surface area contributed by atoms with Crippen LogP contribution in [-0.4, -0.2) is 12.6 Å². The second-order valence-electron chi connectivity index (χ2n) is 5.17. The summed E-state index contributed by atoms with van der Waals surface area (Å²) in [5, 5.41) is 3.60. The van der Waals surface area contributed by atoms with Crippen molar-refractivity contribution in [2.45, 2.75) is 45.1 Å². The van der Waals surface area contributed by atoms with Crippen LogP contribution >= 0.6 is 15.9 Å². The fourth-order valence-corrected chi connectivity index (χ4v) is 2.79. The van der Waals surface area contributed by atoms with Crippen LogP contribution in [0.15, 0.2) is 22.7 Å². The van der Waals surface area contributed by atoms with E-state index in [0.717, 1.165) is 41.8 Å². The van der Waals surface area contributed by atoms with Gasteiger partial charge < -0.3 is 5.32 Å². The van der Waals surface area contributed by atoms with Gasteiger partial charge in [-0.15, -0.1) is 0 Å². The Labute approximate surface area is 117 Å². The van der Waals surface area contributed by atoms with Gasteiger partial charge in [0.15, 0.2) is 0 Å². The summed E-state index contributed by atoms with van der Waals surface area (Å²) in [7, 11) is 0. The minimum Gasteiger partial charge on any atom is -0.314 e. The molecule has 0 spiro atoms. The highest BCUT2D eigenvalue weighted by molar-refractivity contribution is 9.10. The SMILES string of the molecule is CCCNC(CCc1cc(Br)ccc1F)C1CC1. The predicted octanol–water partition coefficient (Wildman–Crippen LogP) is 4.30. The highest BCUT2D eigenvalue weighted by atomic mass is 79.9. The van der Waals surface area contributed by atoms with Crippen LogP contribution in [0.1, 0.15) is 38.2 Å².